The molecule has 0 spiro atoms. The van der Waals surface area contributed by atoms with Crippen molar-refractivity contribution in [1.29, 1.82) is 0 Å². The lowest BCUT2D eigenvalue weighted by molar-refractivity contribution is -0.115. The Kier molecular flexibility index (Phi) is 4.02. The Balaban J connectivity index is 2.10. The van der Waals surface area contributed by atoms with Crippen molar-refractivity contribution >= 4 is 11.6 Å². The van der Waals surface area contributed by atoms with E-state index in [2.05, 4.69) is 15.5 Å². The first kappa shape index (κ1) is 12.9. The topological polar surface area (TPSA) is 76.2 Å². The average Bonchev–Trinajstić information content (AvgIpc) is 2.91. The Morgan fingerprint density at radius 1 is 1.32 bits per heavy atom. The van der Waals surface area contributed by atoms with Crippen LogP contribution < -0.4 is 14.8 Å². The zero-order valence-corrected chi connectivity index (χ0v) is 10.8. The van der Waals surface area contributed by atoms with Gasteiger partial charge in [-0.2, -0.15) is 5.10 Å². The zero-order valence-electron chi connectivity index (χ0n) is 10.8. The molecule has 0 fully saturated rings. The minimum atomic E-state index is -0.157. The quantitative estimate of drug-likeness (QED) is 0.857. The van der Waals surface area contributed by atoms with Gasteiger partial charge >= 0.3 is 0 Å². The molecule has 0 bridgehead atoms. The van der Waals surface area contributed by atoms with Crippen molar-refractivity contribution in [1.82, 2.24) is 10.2 Å². The van der Waals surface area contributed by atoms with Crippen LogP contribution >= 0.6 is 0 Å². The minimum Gasteiger partial charge on any atom is -0.497 e. The standard InChI is InChI=1S/C13H15N3O3/c1-18-10-3-4-12(19-2)11(8-10)15-13(17)7-9-5-6-14-16-9/h3-6,8H,7H2,1-2H3,(H,14,16)(H,15,17). The first-order chi connectivity index (χ1) is 9.22. The highest BCUT2D eigenvalue weighted by atomic mass is 16.5. The molecule has 0 saturated heterocycles. The fraction of sp³-hybridized carbons (Fsp3) is 0.231. The van der Waals surface area contributed by atoms with E-state index in [1.165, 1.54) is 0 Å². The lowest BCUT2D eigenvalue weighted by Gasteiger charge is -2.11. The van der Waals surface area contributed by atoms with Crippen molar-refractivity contribution in [3.63, 3.8) is 0 Å². The monoisotopic (exact) mass is 261 g/mol. The summed E-state index contributed by atoms with van der Waals surface area (Å²) < 4.78 is 10.3. The molecular weight excluding hydrogens is 246 g/mol. The molecule has 0 aliphatic heterocycles. The molecule has 0 aliphatic carbocycles. The highest BCUT2D eigenvalue weighted by Gasteiger charge is 2.10. The van der Waals surface area contributed by atoms with Crippen molar-refractivity contribution in [2.24, 2.45) is 0 Å². The molecule has 2 aromatic rings. The number of hydrogen-bond donors (Lipinski definition) is 2. The van der Waals surface area contributed by atoms with Gasteiger partial charge < -0.3 is 14.8 Å². The van der Waals surface area contributed by atoms with Gasteiger partial charge in [-0.05, 0) is 18.2 Å². The van der Waals surface area contributed by atoms with Gasteiger partial charge in [-0.25, -0.2) is 0 Å². The van der Waals surface area contributed by atoms with Crippen molar-refractivity contribution in [2.75, 3.05) is 19.5 Å². The van der Waals surface area contributed by atoms with Crippen molar-refractivity contribution in [3.8, 4) is 11.5 Å². The summed E-state index contributed by atoms with van der Waals surface area (Å²) in [5.41, 5.74) is 1.32. The predicted octanol–water partition coefficient (Wildman–Crippen LogP) is 1.61. The van der Waals surface area contributed by atoms with Crippen molar-refractivity contribution in [2.45, 2.75) is 6.42 Å². The molecule has 1 aromatic heterocycles. The lowest BCUT2D eigenvalue weighted by atomic mass is 10.2. The summed E-state index contributed by atoms with van der Waals surface area (Å²) in [4.78, 5) is 11.9. The summed E-state index contributed by atoms with van der Waals surface area (Å²) in [5.74, 6) is 1.08. The summed E-state index contributed by atoms with van der Waals surface area (Å²) in [5, 5.41) is 9.31. The maximum absolute atomic E-state index is 11.9. The van der Waals surface area contributed by atoms with Gasteiger partial charge in [0.2, 0.25) is 5.91 Å². The Bertz CT molecular complexity index is 552. The number of hydrogen-bond acceptors (Lipinski definition) is 4. The number of aromatic nitrogens is 2. The number of rotatable bonds is 5. The molecule has 100 valence electrons. The SMILES string of the molecule is COc1ccc(OC)c(NC(=O)Cc2ccn[nH]2)c1. The molecule has 0 atom stereocenters. The van der Waals surface area contributed by atoms with E-state index >= 15 is 0 Å². The normalized spacial score (nSPS) is 10.0. The van der Waals surface area contributed by atoms with Crippen LogP contribution in [0.1, 0.15) is 5.69 Å². The molecule has 0 aliphatic rings. The second-order valence-corrected chi connectivity index (χ2v) is 3.87. The Hall–Kier alpha value is -2.50. The second-order valence-electron chi connectivity index (χ2n) is 3.87. The number of anilines is 1. The first-order valence-electron chi connectivity index (χ1n) is 5.73. The average molecular weight is 261 g/mol. The largest absolute Gasteiger partial charge is 0.497 e. The van der Waals surface area contributed by atoms with Gasteiger partial charge in [-0.15, -0.1) is 0 Å². The molecule has 1 aromatic carbocycles. The van der Waals surface area contributed by atoms with Crippen LogP contribution in [0.3, 0.4) is 0 Å². The molecule has 6 heteroatoms. The van der Waals surface area contributed by atoms with E-state index in [0.717, 1.165) is 5.69 Å². The van der Waals surface area contributed by atoms with Gasteiger partial charge in [-0.1, -0.05) is 0 Å². The van der Waals surface area contributed by atoms with E-state index in [-0.39, 0.29) is 12.3 Å². The van der Waals surface area contributed by atoms with Crippen molar-refractivity contribution < 1.29 is 14.3 Å². The third-order valence-corrected chi connectivity index (χ3v) is 2.59. The van der Waals surface area contributed by atoms with Crippen LogP contribution in [-0.2, 0) is 11.2 Å². The number of nitrogens with one attached hydrogen (secondary N) is 2. The molecule has 1 heterocycles. The van der Waals surface area contributed by atoms with Gasteiger partial charge in [0.25, 0.3) is 0 Å². The van der Waals surface area contributed by atoms with Gasteiger partial charge in [0.15, 0.2) is 0 Å². The van der Waals surface area contributed by atoms with E-state index in [4.69, 9.17) is 9.47 Å². The number of nitrogens with zero attached hydrogens (tertiary/aromatic N) is 1. The number of ether oxygens (including phenoxy) is 2. The summed E-state index contributed by atoms with van der Waals surface area (Å²) in [7, 11) is 3.12. The molecule has 2 N–H and O–H groups in total. The number of amides is 1. The third kappa shape index (κ3) is 3.25. The van der Waals surface area contributed by atoms with E-state index in [1.807, 2.05) is 0 Å². The summed E-state index contributed by atoms with van der Waals surface area (Å²) in [6, 6.07) is 6.97. The van der Waals surface area contributed by atoms with Crippen LogP contribution in [0.4, 0.5) is 5.69 Å². The number of carbonyl (C=O) groups is 1. The maximum Gasteiger partial charge on any atom is 0.230 e. The predicted molar refractivity (Wildman–Crippen MR) is 70.5 cm³/mol. The summed E-state index contributed by atoms with van der Waals surface area (Å²) in [6.45, 7) is 0. The van der Waals surface area contributed by atoms with Gasteiger partial charge in [-0.3, -0.25) is 9.89 Å². The third-order valence-electron chi connectivity index (χ3n) is 2.59. The van der Waals surface area contributed by atoms with Gasteiger partial charge in [0.05, 0.1) is 26.3 Å². The van der Waals surface area contributed by atoms with Crippen molar-refractivity contribution in [3.05, 3.63) is 36.2 Å². The van der Waals surface area contributed by atoms with E-state index in [1.54, 1.807) is 44.7 Å². The molecule has 19 heavy (non-hydrogen) atoms. The molecule has 2 rings (SSSR count). The fourth-order valence-corrected chi connectivity index (χ4v) is 1.66. The smallest absolute Gasteiger partial charge is 0.230 e. The summed E-state index contributed by atoms with van der Waals surface area (Å²) in [6.07, 6.45) is 1.83. The Morgan fingerprint density at radius 2 is 2.16 bits per heavy atom. The number of carbonyl (C=O) groups excluding carboxylic acids is 1. The van der Waals surface area contributed by atoms with Crippen LogP contribution in [0.5, 0.6) is 11.5 Å². The number of methoxy groups -OCH3 is 2. The van der Waals surface area contributed by atoms with Crippen LogP contribution in [-0.4, -0.2) is 30.3 Å². The minimum absolute atomic E-state index is 0.157. The molecule has 6 nitrogen and oxygen atoms in total. The number of aromatic amines is 1. The van der Waals surface area contributed by atoms with Crippen LogP contribution in [0.15, 0.2) is 30.5 Å². The number of H-pyrrole nitrogens is 1. The highest BCUT2D eigenvalue weighted by Crippen LogP contribution is 2.28. The first-order valence-corrected chi connectivity index (χ1v) is 5.73. The highest BCUT2D eigenvalue weighted by molar-refractivity contribution is 5.93. The number of benzene rings is 1. The lowest BCUT2D eigenvalue weighted by Crippen LogP contribution is -2.15. The second kappa shape index (κ2) is 5.90. The molecule has 0 unspecified atom stereocenters. The molecule has 0 radical (unpaired) electrons. The Labute approximate surface area is 110 Å². The molecule has 1 amide bonds. The van der Waals surface area contributed by atoms with E-state index < -0.39 is 0 Å². The molecule has 0 saturated carbocycles. The molecular formula is C13H15N3O3. The van der Waals surface area contributed by atoms with Crippen LogP contribution in [0.25, 0.3) is 0 Å². The maximum atomic E-state index is 11.9. The van der Waals surface area contributed by atoms with Crippen LogP contribution in [0.2, 0.25) is 0 Å². The van der Waals surface area contributed by atoms with E-state index in [0.29, 0.717) is 17.2 Å². The Morgan fingerprint density at radius 3 is 2.79 bits per heavy atom. The van der Waals surface area contributed by atoms with E-state index in [9.17, 15) is 4.79 Å². The fourth-order valence-electron chi connectivity index (χ4n) is 1.66. The van der Waals surface area contributed by atoms with Crippen LogP contribution in [0, 0.1) is 0 Å². The van der Waals surface area contributed by atoms with Gasteiger partial charge in [0, 0.05) is 18.0 Å². The summed E-state index contributed by atoms with van der Waals surface area (Å²) >= 11 is 0. The zero-order chi connectivity index (χ0) is 13.7. The van der Waals surface area contributed by atoms with Gasteiger partial charge in [0.1, 0.15) is 11.5 Å².